The van der Waals surface area contributed by atoms with Crippen LogP contribution in [-0.4, -0.2) is 38.4 Å². The summed E-state index contributed by atoms with van der Waals surface area (Å²) in [5, 5.41) is 7.13. The molecule has 3 saturated heterocycles. The van der Waals surface area contributed by atoms with Gasteiger partial charge in [-0.15, -0.1) is 0 Å². The van der Waals surface area contributed by atoms with E-state index in [-0.39, 0.29) is 0 Å². The lowest BCUT2D eigenvalue weighted by Crippen LogP contribution is -2.65. The first-order chi connectivity index (χ1) is 5.86. The summed E-state index contributed by atoms with van der Waals surface area (Å²) in [6, 6.07) is 1.42. The van der Waals surface area contributed by atoms with Crippen LogP contribution in [0.1, 0.15) is 12.8 Å². The summed E-state index contributed by atoms with van der Waals surface area (Å²) >= 11 is 0. The van der Waals surface area contributed by atoms with Crippen molar-refractivity contribution in [3.8, 4) is 0 Å². The van der Waals surface area contributed by atoms with E-state index in [0.29, 0.717) is 17.5 Å². The number of rotatable bonds is 0. The molecular formula is C9H16N2O. The predicted molar refractivity (Wildman–Crippen MR) is 46.1 cm³/mol. The minimum atomic E-state index is 0.572. The van der Waals surface area contributed by atoms with Gasteiger partial charge in [0.15, 0.2) is 0 Å². The van der Waals surface area contributed by atoms with Gasteiger partial charge in [-0.2, -0.15) is 0 Å². The average Bonchev–Trinajstić information content (AvgIpc) is 2.01. The molecule has 3 nitrogen and oxygen atoms in total. The molecule has 0 saturated carbocycles. The Kier molecular flexibility index (Phi) is 1.48. The Hall–Kier alpha value is -0.120. The van der Waals surface area contributed by atoms with Gasteiger partial charge in [0.05, 0.1) is 13.2 Å². The lowest BCUT2D eigenvalue weighted by Gasteiger charge is -2.52. The summed E-state index contributed by atoms with van der Waals surface area (Å²) in [6.45, 7) is 4.33. The van der Waals surface area contributed by atoms with Crippen LogP contribution in [0.15, 0.2) is 0 Å². The number of piperazine rings is 1. The first-order valence-corrected chi connectivity index (χ1v) is 4.91. The Morgan fingerprint density at radius 1 is 1.08 bits per heavy atom. The molecule has 0 aromatic heterocycles. The van der Waals surface area contributed by atoms with E-state index < -0.39 is 0 Å². The van der Waals surface area contributed by atoms with Gasteiger partial charge >= 0.3 is 0 Å². The van der Waals surface area contributed by atoms with Crippen LogP contribution in [0, 0.1) is 5.41 Å². The SMILES string of the molecule is C1NC[C@H]2CC3(COC3)C[C@@H]1N2. The van der Waals surface area contributed by atoms with Gasteiger partial charge in [-0.05, 0) is 12.8 Å². The number of hydrogen-bond donors (Lipinski definition) is 2. The molecule has 12 heavy (non-hydrogen) atoms. The molecule has 3 aliphatic heterocycles. The fraction of sp³-hybridized carbons (Fsp3) is 1.00. The van der Waals surface area contributed by atoms with Crippen LogP contribution < -0.4 is 10.6 Å². The van der Waals surface area contributed by atoms with Crippen molar-refractivity contribution in [3.05, 3.63) is 0 Å². The number of nitrogens with one attached hydrogen (secondary N) is 2. The first kappa shape index (κ1) is 7.30. The molecule has 3 aliphatic rings. The molecule has 0 aromatic carbocycles. The highest BCUT2D eigenvalue weighted by molar-refractivity contribution is 5.01. The summed E-state index contributed by atoms with van der Waals surface area (Å²) in [6.07, 6.45) is 2.63. The second-order valence-corrected chi connectivity index (χ2v) is 4.62. The van der Waals surface area contributed by atoms with E-state index in [1.54, 1.807) is 0 Å². The van der Waals surface area contributed by atoms with Crippen LogP contribution in [-0.2, 0) is 4.74 Å². The van der Waals surface area contributed by atoms with E-state index >= 15 is 0 Å². The third-order valence-electron chi connectivity index (χ3n) is 3.43. The van der Waals surface area contributed by atoms with Gasteiger partial charge in [0, 0.05) is 30.6 Å². The van der Waals surface area contributed by atoms with E-state index in [0.717, 1.165) is 26.3 Å². The van der Waals surface area contributed by atoms with Crippen LogP contribution >= 0.6 is 0 Å². The van der Waals surface area contributed by atoms with Crippen LogP contribution in [0.5, 0.6) is 0 Å². The highest BCUT2D eigenvalue weighted by Crippen LogP contribution is 2.40. The molecule has 68 valence electrons. The largest absolute Gasteiger partial charge is 0.380 e. The predicted octanol–water partition coefficient (Wildman–Crippen LogP) is -0.273. The maximum atomic E-state index is 5.33. The zero-order valence-electron chi connectivity index (χ0n) is 7.31. The van der Waals surface area contributed by atoms with Gasteiger partial charge in [0.2, 0.25) is 0 Å². The number of fused-ring (bicyclic) bond motifs is 2. The summed E-state index contributed by atoms with van der Waals surface area (Å²) in [5.74, 6) is 0. The number of piperidine rings is 1. The Morgan fingerprint density at radius 2 is 1.75 bits per heavy atom. The van der Waals surface area contributed by atoms with Crippen LogP contribution in [0.2, 0.25) is 0 Å². The second kappa shape index (κ2) is 2.44. The van der Waals surface area contributed by atoms with Crippen molar-refractivity contribution in [1.29, 1.82) is 0 Å². The minimum Gasteiger partial charge on any atom is -0.380 e. The summed E-state index contributed by atoms with van der Waals surface area (Å²) in [4.78, 5) is 0. The third-order valence-corrected chi connectivity index (χ3v) is 3.43. The van der Waals surface area contributed by atoms with Crippen molar-refractivity contribution < 1.29 is 4.74 Å². The lowest BCUT2D eigenvalue weighted by molar-refractivity contribution is -0.144. The molecule has 0 radical (unpaired) electrons. The van der Waals surface area contributed by atoms with Crippen molar-refractivity contribution in [1.82, 2.24) is 10.6 Å². The topological polar surface area (TPSA) is 33.3 Å². The van der Waals surface area contributed by atoms with Crippen LogP contribution in [0.4, 0.5) is 0 Å². The number of ether oxygens (including phenoxy) is 1. The molecule has 0 unspecified atom stereocenters. The van der Waals surface area contributed by atoms with Gasteiger partial charge in [0.1, 0.15) is 0 Å². The molecule has 1 spiro atoms. The first-order valence-electron chi connectivity index (χ1n) is 4.91. The van der Waals surface area contributed by atoms with Crippen molar-refractivity contribution in [2.75, 3.05) is 26.3 Å². The number of hydrogen-bond acceptors (Lipinski definition) is 3. The standard InChI is InChI=1S/C9H16N2O/c1-7-3-10-4-8(11-7)2-9(1)5-12-6-9/h7-8,10-11H,1-6H2/t7-,8+. The molecule has 0 aliphatic carbocycles. The van der Waals surface area contributed by atoms with Crippen LogP contribution in [0.3, 0.4) is 0 Å². The highest BCUT2D eigenvalue weighted by Gasteiger charge is 2.46. The zero-order valence-corrected chi connectivity index (χ0v) is 7.31. The van der Waals surface area contributed by atoms with Gasteiger partial charge < -0.3 is 15.4 Å². The van der Waals surface area contributed by atoms with Crippen molar-refractivity contribution in [2.24, 2.45) is 5.41 Å². The molecule has 0 amide bonds. The van der Waals surface area contributed by atoms with E-state index in [9.17, 15) is 0 Å². The Balaban J connectivity index is 1.76. The van der Waals surface area contributed by atoms with E-state index in [2.05, 4.69) is 10.6 Å². The average molecular weight is 168 g/mol. The third kappa shape index (κ3) is 1.00. The molecule has 2 N–H and O–H groups in total. The Bertz CT molecular complexity index is 177. The Morgan fingerprint density at radius 3 is 2.25 bits per heavy atom. The highest BCUT2D eigenvalue weighted by atomic mass is 16.5. The van der Waals surface area contributed by atoms with Crippen molar-refractivity contribution >= 4 is 0 Å². The van der Waals surface area contributed by atoms with Crippen molar-refractivity contribution in [3.63, 3.8) is 0 Å². The van der Waals surface area contributed by atoms with Crippen molar-refractivity contribution in [2.45, 2.75) is 24.9 Å². The van der Waals surface area contributed by atoms with E-state index in [4.69, 9.17) is 4.74 Å². The molecule has 3 heterocycles. The quantitative estimate of drug-likeness (QED) is 0.522. The summed E-state index contributed by atoms with van der Waals surface area (Å²) in [5.41, 5.74) is 0.572. The molecule has 2 bridgehead atoms. The fourth-order valence-electron chi connectivity index (χ4n) is 2.90. The summed E-state index contributed by atoms with van der Waals surface area (Å²) in [7, 11) is 0. The van der Waals surface area contributed by atoms with E-state index in [1.165, 1.54) is 12.8 Å². The molecule has 2 atom stereocenters. The van der Waals surface area contributed by atoms with Gasteiger partial charge in [-0.1, -0.05) is 0 Å². The molecule has 3 heteroatoms. The molecular weight excluding hydrogens is 152 g/mol. The molecule has 3 rings (SSSR count). The monoisotopic (exact) mass is 168 g/mol. The second-order valence-electron chi connectivity index (χ2n) is 4.62. The van der Waals surface area contributed by atoms with E-state index in [1.807, 2.05) is 0 Å². The molecule has 3 fully saturated rings. The normalized spacial score (nSPS) is 44.0. The Labute approximate surface area is 72.9 Å². The molecule has 0 aromatic rings. The smallest absolute Gasteiger partial charge is 0.0545 e. The zero-order chi connectivity index (χ0) is 8.02. The lowest BCUT2D eigenvalue weighted by atomic mass is 9.71. The summed E-state index contributed by atoms with van der Waals surface area (Å²) < 4.78 is 5.33. The van der Waals surface area contributed by atoms with Crippen LogP contribution in [0.25, 0.3) is 0 Å². The van der Waals surface area contributed by atoms with Gasteiger partial charge in [-0.25, -0.2) is 0 Å². The van der Waals surface area contributed by atoms with Gasteiger partial charge in [-0.3, -0.25) is 0 Å². The minimum absolute atomic E-state index is 0.572. The van der Waals surface area contributed by atoms with Gasteiger partial charge in [0.25, 0.3) is 0 Å². The maximum Gasteiger partial charge on any atom is 0.0545 e. The fourth-order valence-corrected chi connectivity index (χ4v) is 2.90. The maximum absolute atomic E-state index is 5.33.